The minimum absolute atomic E-state index is 0.320. The Bertz CT molecular complexity index is 261. The predicted molar refractivity (Wildman–Crippen MR) is 87.3 cm³/mol. The first-order valence-electron chi connectivity index (χ1n) is 8.34. The Kier molecular flexibility index (Phi) is 10.2. The number of rotatable bonds is 11. The number of hydrogen-bond donors (Lipinski definition) is 2. The van der Waals surface area contributed by atoms with Gasteiger partial charge in [-0.1, -0.05) is 64.7 Å². The fourth-order valence-corrected chi connectivity index (χ4v) is 3.94. The molecular formula is C16H31NO2S. The molecule has 3 nitrogen and oxygen atoms in total. The third kappa shape index (κ3) is 8.15. The predicted octanol–water partition coefficient (Wildman–Crippen LogP) is 4.41. The van der Waals surface area contributed by atoms with E-state index in [2.05, 4.69) is 12.2 Å². The second-order valence-corrected chi connectivity index (χ2v) is 7.13. The van der Waals surface area contributed by atoms with Crippen molar-refractivity contribution >= 4 is 17.7 Å². The molecule has 0 saturated carbocycles. The summed E-state index contributed by atoms with van der Waals surface area (Å²) in [5, 5.41) is 12.6. The van der Waals surface area contributed by atoms with Crippen LogP contribution in [-0.2, 0) is 4.79 Å². The molecule has 1 rings (SSSR count). The van der Waals surface area contributed by atoms with Crippen molar-refractivity contribution in [2.75, 3.05) is 5.75 Å². The van der Waals surface area contributed by atoms with Gasteiger partial charge >= 0.3 is 5.97 Å². The van der Waals surface area contributed by atoms with Crippen LogP contribution in [0, 0.1) is 0 Å². The van der Waals surface area contributed by atoms with Crippen LogP contribution in [0.25, 0.3) is 0 Å². The maximum absolute atomic E-state index is 11.0. The molecule has 118 valence electrons. The molecule has 1 heterocycles. The van der Waals surface area contributed by atoms with E-state index in [0.717, 1.165) is 18.6 Å². The molecule has 2 N–H and O–H groups in total. The standard InChI is InChI=1S/C16H31NO2S/c1-2-3-4-5-6-7-8-9-10-11-15-17-14(16(18)19)12-13-20-15/h14-15,17H,2-13H2,1H3,(H,18,19)/t14-,15+/m0/s1. The second kappa shape index (κ2) is 11.4. The van der Waals surface area contributed by atoms with Gasteiger partial charge in [0.1, 0.15) is 6.04 Å². The van der Waals surface area contributed by atoms with Crippen LogP contribution < -0.4 is 5.32 Å². The van der Waals surface area contributed by atoms with E-state index in [1.54, 1.807) is 0 Å². The molecule has 0 radical (unpaired) electrons. The van der Waals surface area contributed by atoms with Gasteiger partial charge in [0.25, 0.3) is 0 Å². The number of aliphatic carboxylic acids is 1. The van der Waals surface area contributed by atoms with Crippen molar-refractivity contribution in [2.45, 2.75) is 89.0 Å². The Morgan fingerprint density at radius 3 is 2.30 bits per heavy atom. The number of nitrogens with one attached hydrogen (secondary N) is 1. The fourth-order valence-electron chi connectivity index (χ4n) is 2.69. The van der Waals surface area contributed by atoms with Gasteiger partial charge in [-0.15, -0.1) is 11.8 Å². The third-order valence-electron chi connectivity index (χ3n) is 3.98. The average Bonchev–Trinajstić information content (AvgIpc) is 2.46. The van der Waals surface area contributed by atoms with Gasteiger partial charge in [0.15, 0.2) is 0 Å². The summed E-state index contributed by atoms with van der Waals surface area (Å²) in [6.07, 6.45) is 14.0. The van der Waals surface area contributed by atoms with Crippen molar-refractivity contribution in [1.82, 2.24) is 5.32 Å². The fraction of sp³-hybridized carbons (Fsp3) is 0.938. The molecule has 1 saturated heterocycles. The zero-order valence-corrected chi connectivity index (χ0v) is 13.7. The Hall–Kier alpha value is -0.220. The van der Waals surface area contributed by atoms with E-state index in [-0.39, 0.29) is 6.04 Å². The molecule has 4 heteroatoms. The molecule has 1 fully saturated rings. The van der Waals surface area contributed by atoms with Crippen LogP contribution in [0.5, 0.6) is 0 Å². The molecule has 0 aromatic rings. The summed E-state index contributed by atoms with van der Waals surface area (Å²) in [6.45, 7) is 2.26. The van der Waals surface area contributed by atoms with Gasteiger partial charge in [-0.25, -0.2) is 0 Å². The molecule has 0 aromatic carbocycles. The van der Waals surface area contributed by atoms with Crippen LogP contribution in [0.2, 0.25) is 0 Å². The molecule has 20 heavy (non-hydrogen) atoms. The highest BCUT2D eigenvalue weighted by Gasteiger charge is 2.25. The Morgan fingerprint density at radius 1 is 1.10 bits per heavy atom. The van der Waals surface area contributed by atoms with Gasteiger partial charge in [-0.3, -0.25) is 10.1 Å². The molecule has 0 bridgehead atoms. The zero-order chi connectivity index (χ0) is 14.6. The van der Waals surface area contributed by atoms with Crippen LogP contribution in [-0.4, -0.2) is 28.2 Å². The molecule has 2 atom stereocenters. The van der Waals surface area contributed by atoms with Crippen molar-refractivity contribution in [3.63, 3.8) is 0 Å². The number of hydrogen-bond acceptors (Lipinski definition) is 3. The largest absolute Gasteiger partial charge is 0.480 e. The van der Waals surface area contributed by atoms with Crippen molar-refractivity contribution in [3.8, 4) is 0 Å². The SMILES string of the molecule is CCCCCCCCCCC[C@@H]1N[C@H](C(=O)O)CCS1. The lowest BCUT2D eigenvalue weighted by Gasteiger charge is -2.28. The smallest absolute Gasteiger partial charge is 0.320 e. The van der Waals surface area contributed by atoms with Crippen LogP contribution in [0.1, 0.15) is 77.6 Å². The van der Waals surface area contributed by atoms with E-state index in [9.17, 15) is 4.79 Å². The van der Waals surface area contributed by atoms with E-state index < -0.39 is 5.97 Å². The normalized spacial score (nSPS) is 22.9. The van der Waals surface area contributed by atoms with E-state index in [1.807, 2.05) is 11.8 Å². The van der Waals surface area contributed by atoms with Gasteiger partial charge in [0.2, 0.25) is 0 Å². The van der Waals surface area contributed by atoms with Crippen LogP contribution in [0.4, 0.5) is 0 Å². The van der Waals surface area contributed by atoms with Crippen LogP contribution in [0.15, 0.2) is 0 Å². The molecule has 1 aliphatic heterocycles. The van der Waals surface area contributed by atoms with Crippen molar-refractivity contribution in [3.05, 3.63) is 0 Å². The number of carboxylic acids is 1. The van der Waals surface area contributed by atoms with Crippen LogP contribution >= 0.6 is 11.8 Å². The quantitative estimate of drug-likeness (QED) is 0.555. The number of carbonyl (C=O) groups is 1. The topological polar surface area (TPSA) is 49.3 Å². The van der Waals surface area contributed by atoms with E-state index >= 15 is 0 Å². The number of carboxylic acid groups (broad SMARTS) is 1. The first-order valence-corrected chi connectivity index (χ1v) is 9.39. The van der Waals surface area contributed by atoms with Crippen molar-refractivity contribution in [2.24, 2.45) is 0 Å². The maximum atomic E-state index is 11.0. The van der Waals surface area contributed by atoms with E-state index in [1.165, 1.54) is 57.8 Å². The highest BCUT2D eigenvalue weighted by Crippen LogP contribution is 2.23. The molecule has 0 aromatic heterocycles. The molecule has 0 unspecified atom stereocenters. The summed E-state index contributed by atoms with van der Waals surface area (Å²) >= 11 is 1.89. The number of unbranched alkanes of at least 4 members (excludes halogenated alkanes) is 8. The Balaban J connectivity index is 1.92. The average molecular weight is 301 g/mol. The molecular weight excluding hydrogens is 270 g/mol. The van der Waals surface area contributed by atoms with Gasteiger partial charge in [-0.05, 0) is 18.6 Å². The van der Waals surface area contributed by atoms with Crippen molar-refractivity contribution < 1.29 is 9.90 Å². The second-order valence-electron chi connectivity index (χ2n) is 5.82. The van der Waals surface area contributed by atoms with Gasteiger partial charge in [0, 0.05) is 0 Å². The molecule has 0 aliphatic carbocycles. The minimum Gasteiger partial charge on any atom is -0.480 e. The lowest BCUT2D eigenvalue weighted by atomic mass is 10.1. The highest BCUT2D eigenvalue weighted by atomic mass is 32.2. The van der Waals surface area contributed by atoms with E-state index in [0.29, 0.717) is 5.37 Å². The molecule has 0 spiro atoms. The lowest BCUT2D eigenvalue weighted by Crippen LogP contribution is -2.45. The van der Waals surface area contributed by atoms with Gasteiger partial charge in [-0.2, -0.15) is 0 Å². The Morgan fingerprint density at radius 2 is 1.70 bits per heavy atom. The monoisotopic (exact) mass is 301 g/mol. The highest BCUT2D eigenvalue weighted by molar-refractivity contribution is 7.99. The van der Waals surface area contributed by atoms with E-state index in [4.69, 9.17) is 5.11 Å². The minimum atomic E-state index is -0.692. The molecule has 1 aliphatic rings. The van der Waals surface area contributed by atoms with Crippen LogP contribution in [0.3, 0.4) is 0 Å². The summed E-state index contributed by atoms with van der Waals surface area (Å²) in [4.78, 5) is 11.0. The van der Waals surface area contributed by atoms with Gasteiger partial charge < -0.3 is 5.11 Å². The Labute approximate surface area is 128 Å². The third-order valence-corrected chi connectivity index (χ3v) is 5.23. The summed E-state index contributed by atoms with van der Waals surface area (Å²) in [5.74, 6) is 0.286. The van der Waals surface area contributed by atoms with Crippen molar-refractivity contribution in [1.29, 1.82) is 0 Å². The van der Waals surface area contributed by atoms with Gasteiger partial charge in [0.05, 0.1) is 5.37 Å². The zero-order valence-electron chi connectivity index (χ0n) is 12.9. The molecule has 0 amide bonds. The summed E-state index contributed by atoms with van der Waals surface area (Å²) in [6, 6.07) is -0.320. The lowest BCUT2D eigenvalue weighted by molar-refractivity contribution is -0.139. The first kappa shape index (κ1) is 17.8. The summed E-state index contributed by atoms with van der Waals surface area (Å²) in [5.41, 5.74) is 0. The maximum Gasteiger partial charge on any atom is 0.320 e. The number of thioether (sulfide) groups is 1. The summed E-state index contributed by atoms with van der Waals surface area (Å²) < 4.78 is 0. The summed E-state index contributed by atoms with van der Waals surface area (Å²) in [7, 11) is 0. The first-order chi connectivity index (χ1) is 9.74.